The van der Waals surface area contributed by atoms with Crippen molar-refractivity contribution < 1.29 is 44.2 Å². The number of aromatic hydroxyl groups is 5. The number of phenolic OH excluding ortho intramolecular Hbond substituents is 4. The minimum absolute atomic E-state index is 0.0164. The van der Waals surface area contributed by atoms with Gasteiger partial charge in [0.2, 0.25) is 11.2 Å². The first-order valence-corrected chi connectivity index (χ1v) is 13.3. The van der Waals surface area contributed by atoms with E-state index in [9.17, 15) is 35.1 Å². The average Bonchev–Trinajstić information content (AvgIpc) is 3.00. The highest BCUT2D eigenvalue weighted by atomic mass is 16.5. The second-order valence-corrected chi connectivity index (χ2v) is 9.83. The van der Waals surface area contributed by atoms with E-state index in [0.717, 1.165) is 23.8 Å². The zero-order chi connectivity index (χ0) is 30.7. The number of benzene rings is 4. The molecule has 0 amide bonds. The van der Waals surface area contributed by atoms with Crippen LogP contribution in [0.1, 0.15) is 29.0 Å². The zero-order valence-electron chi connectivity index (χ0n) is 23.0. The Morgan fingerprint density at radius 2 is 1.56 bits per heavy atom. The third-order valence-electron chi connectivity index (χ3n) is 7.11. The Balaban J connectivity index is 1.60. The van der Waals surface area contributed by atoms with Crippen LogP contribution in [0.25, 0.3) is 22.3 Å². The van der Waals surface area contributed by atoms with E-state index in [0.29, 0.717) is 24.3 Å². The van der Waals surface area contributed by atoms with Crippen molar-refractivity contribution in [1.29, 1.82) is 0 Å². The van der Waals surface area contributed by atoms with Crippen LogP contribution in [0.4, 0.5) is 0 Å². The van der Waals surface area contributed by atoms with Crippen molar-refractivity contribution in [2.75, 3.05) is 13.7 Å². The average molecular weight is 585 g/mol. The van der Waals surface area contributed by atoms with Crippen molar-refractivity contribution in [3.8, 4) is 45.8 Å². The van der Waals surface area contributed by atoms with Gasteiger partial charge >= 0.3 is 5.97 Å². The summed E-state index contributed by atoms with van der Waals surface area (Å²) >= 11 is 0. The molecule has 10 heteroatoms. The molecule has 220 valence electrons. The molecule has 0 aliphatic rings. The number of hydrogen-bond donors (Lipinski definition) is 5. The first-order chi connectivity index (χ1) is 20.7. The summed E-state index contributed by atoms with van der Waals surface area (Å²) in [6.45, 7) is 0.433. The SMILES string of the molecule is COC(=O)C[C@H](c1ccc(OCCc2ccccc2)cc1)c1c(O)cc(O)c2c(=O)c(O)c(-c3ccc(O)c(O)c3)oc12. The van der Waals surface area contributed by atoms with E-state index in [1.807, 2.05) is 30.3 Å². The molecule has 0 bridgehead atoms. The van der Waals surface area contributed by atoms with Crippen LogP contribution in [0, 0.1) is 0 Å². The van der Waals surface area contributed by atoms with Crippen LogP contribution in [0.3, 0.4) is 0 Å². The lowest BCUT2D eigenvalue weighted by molar-refractivity contribution is -0.140. The second kappa shape index (κ2) is 12.1. The topological polar surface area (TPSA) is 167 Å². The van der Waals surface area contributed by atoms with Gasteiger partial charge in [-0.25, -0.2) is 0 Å². The van der Waals surface area contributed by atoms with Gasteiger partial charge in [0.15, 0.2) is 17.3 Å². The number of carbonyl (C=O) groups excluding carboxylic acids is 1. The number of esters is 1. The lowest BCUT2D eigenvalue weighted by Gasteiger charge is -2.21. The number of fused-ring (bicyclic) bond motifs is 1. The summed E-state index contributed by atoms with van der Waals surface area (Å²) in [6, 6.07) is 21.1. The molecule has 1 heterocycles. The predicted molar refractivity (Wildman–Crippen MR) is 157 cm³/mol. The molecule has 0 fully saturated rings. The molecule has 43 heavy (non-hydrogen) atoms. The van der Waals surface area contributed by atoms with Crippen LogP contribution in [-0.2, 0) is 16.0 Å². The quantitative estimate of drug-likeness (QED) is 0.113. The van der Waals surface area contributed by atoms with Gasteiger partial charge in [-0.3, -0.25) is 9.59 Å². The molecule has 10 nitrogen and oxygen atoms in total. The van der Waals surface area contributed by atoms with Crippen LogP contribution in [0.15, 0.2) is 88.1 Å². The van der Waals surface area contributed by atoms with E-state index in [1.54, 1.807) is 24.3 Å². The maximum absolute atomic E-state index is 13.3. The lowest BCUT2D eigenvalue weighted by Crippen LogP contribution is -2.12. The monoisotopic (exact) mass is 584 g/mol. The van der Waals surface area contributed by atoms with Crippen molar-refractivity contribution in [2.45, 2.75) is 18.8 Å². The highest BCUT2D eigenvalue weighted by Gasteiger charge is 2.30. The lowest BCUT2D eigenvalue weighted by atomic mass is 9.86. The highest BCUT2D eigenvalue weighted by Crippen LogP contribution is 2.45. The van der Waals surface area contributed by atoms with E-state index >= 15 is 0 Å². The molecule has 0 spiro atoms. The molecular formula is C33H28O10. The molecule has 5 N–H and O–H groups in total. The number of carbonyl (C=O) groups is 1. The Labute approximate surface area is 245 Å². The maximum atomic E-state index is 13.3. The van der Waals surface area contributed by atoms with Crippen LogP contribution >= 0.6 is 0 Å². The standard InChI is InChI=1S/C33H28O10/c1-41-27(38)16-22(19-7-10-21(11-8-19)42-14-13-18-5-3-2-4-6-18)28-25(36)17-26(37)29-30(39)31(40)32(43-33(28)29)20-9-12-23(34)24(35)15-20/h2-12,15,17,22,34-37,40H,13-14,16H2,1H3/t22-/m1/s1. The largest absolute Gasteiger partial charge is 0.507 e. The summed E-state index contributed by atoms with van der Waals surface area (Å²) in [5, 5.41) is 51.6. The Hall–Kier alpha value is -5.64. The molecule has 0 aliphatic heterocycles. The molecule has 0 saturated heterocycles. The van der Waals surface area contributed by atoms with Gasteiger partial charge in [-0.15, -0.1) is 0 Å². The van der Waals surface area contributed by atoms with E-state index in [1.165, 1.54) is 13.2 Å². The van der Waals surface area contributed by atoms with Gasteiger partial charge < -0.3 is 39.4 Å². The molecule has 5 rings (SSSR count). The number of hydrogen-bond acceptors (Lipinski definition) is 10. The Kier molecular flexibility index (Phi) is 8.11. The van der Waals surface area contributed by atoms with Crippen molar-refractivity contribution >= 4 is 16.9 Å². The van der Waals surface area contributed by atoms with Crippen molar-refractivity contribution in [3.05, 3.63) is 106 Å². The normalized spacial score (nSPS) is 11.7. The highest BCUT2D eigenvalue weighted by molar-refractivity contribution is 5.92. The molecule has 0 saturated carbocycles. The van der Waals surface area contributed by atoms with Crippen molar-refractivity contribution in [1.82, 2.24) is 0 Å². The van der Waals surface area contributed by atoms with E-state index in [4.69, 9.17) is 13.9 Å². The number of methoxy groups -OCH3 is 1. The fourth-order valence-electron chi connectivity index (χ4n) is 4.91. The molecular weight excluding hydrogens is 556 g/mol. The fourth-order valence-corrected chi connectivity index (χ4v) is 4.91. The maximum Gasteiger partial charge on any atom is 0.306 e. The van der Waals surface area contributed by atoms with E-state index in [-0.39, 0.29) is 23.1 Å². The van der Waals surface area contributed by atoms with Gasteiger partial charge in [0.05, 0.1) is 20.1 Å². The van der Waals surface area contributed by atoms with Gasteiger partial charge in [0, 0.05) is 29.5 Å². The minimum atomic E-state index is -1.01. The number of phenols is 4. The number of rotatable bonds is 9. The van der Waals surface area contributed by atoms with Gasteiger partial charge in [-0.05, 0) is 41.5 Å². The van der Waals surface area contributed by atoms with Crippen LogP contribution in [-0.4, -0.2) is 45.2 Å². The van der Waals surface area contributed by atoms with Gasteiger partial charge in [-0.1, -0.05) is 42.5 Å². The van der Waals surface area contributed by atoms with Crippen molar-refractivity contribution in [2.24, 2.45) is 0 Å². The van der Waals surface area contributed by atoms with Crippen molar-refractivity contribution in [3.63, 3.8) is 0 Å². The third kappa shape index (κ3) is 5.89. The fraction of sp³-hybridized carbons (Fsp3) is 0.152. The first kappa shape index (κ1) is 28.9. The second-order valence-electron chi connectivity index (χ2n) is 9.83. The molecule has 1 atom stereocenters. The first-order valence-electron chi connectivity index (χ1n) is 13.3. The molecule has 4 aromatic carbocycles. The third-order valence-corrected chi connectivity index (χ3v) is 7.11. The summed E-state index contributed by atoms with van der Waals surface area (Å²) < 4.78 is 16.7. The molecule has 0 unspecified atom stereocenters. The summed E-state index contributed by atoms with van der Waals surface area (Å²) in [4.78, 5) is 25.8. The minimum Gasteiger partial charge on any atom is -0.507 e. The van der Waals surface area contributed by atoms with Gasteiger partial charge in [-0.2, -0.15) is 0 Å². The van der Waals surface area contributed by atoms with E-state index in [2.05, 4.69) is 0 Å². The summed E-state index contributed by atoms with van der Waals surface area (Å²) in [7, 11) is 1.21. The van der Waals surface area contributed by atoms with Gasteiger partial charge in [0.1, 0.15) is 28.2 Å². The molecule has 1 aromatic heterocycles. The Bertz CT molecular complexity index is 1840. The van der Waals surface area contributed by atoms with Crippen LogP contribution < -0.4 is 10.2 Å². The molecule has 5 aromatic rings. The Morgan fingerprint density at radius 3 is 2.23 bits per heavy atom. The van der Waals surface area contributed by atoms with Crippen LogP contribution in [0.2, 0.25) is 0 Å². The molecule has 0 radical (unpaired) electrons. The van der Waals surface area contributed by atoms with Crippen LogP contribution in [0.5, 0.6) is 34.5 Å². The summed E-state index contributed by atoms with van der Waals surface area (Å²) in [5.41, 5.74) is 0.366. The summed E-state index contributed by atoms with van der Waals surface area (Å²) in [6.07, 6.45) is 0.423. The van der Waals surface area contributed by atoms with E-state index < -0.39 is 57.2 Å². The number of ether oxygens (including phenoxy) is 2. The van der Waals surface area contributed by atoms with Gasteiger partial charge in [0.25, 0.3) is 0 Å². The smallest absolute Gasteiger partial charge is 0.306 e. The zero-order valence-corrected chi connectivity index (χ0v) is 23.0. The molecule has 0 aliphatic carbocycles. The predicted octanol–water partition coefficient (Wildman–Crippen LogP) is 5.30. The Morgan fingerprint density at radius 1 is 0.837 bits per heavy atom. The summed E-state index contributed by atoms with van der Waals surface area (Å²) in [5.74, 6) is -4.34.